The second-order valence-electron chi connectivity index (χ2n) is 3.80. The summed E-state index contributed by atoms with van der Waals surface area (Å²) in [4.78, 5) is 31.6. The monoisotopic (exact) mass is 274 g/mol. The zero-order valence-corrected chi connectivity index (χ0v) is 10.2. The Morgan fingerprint density at radius 2 is 1.60 bits per heavy atom. The van der Waals surface area contributed by atoms with Crippen molar-refractivity contribution in [2.45, 2.75) is 6.61 Å². The van der Waals surface area contributed by atoms with Gasteiger partial charge in [0.25, 0.3) is 0 Å². The van der Waals surface area contributed by atoms with Gasteiger partial charge in [-0.1, -0.05) is 12.1 Å². The van der Waals surface area contributed by atoms with E-state index in [0.717, 1.165) is 0 Å². The van der Waals surface area contributed by atoms with E-state index in [1.165, 1.54) is 6.07 Å². The maximum Gasteiger partial charge on any atom is 0.346 e. The van der Waals surface area contributed by atoms with Crippen LogP contribution >= 0.6 is 0 Å². The Labute approximate surface area is 113 Å². The van der Waals surface area contributed by atoms with Gasteiger partial charge in [0, 0.05) is 0 Å². The lowest BCUT2D eigenvalue weighted by atomic mass is 10.1. The molecule has 1 aromatic heterocycles. The number of aldehydes is 1. The lowest BCUT2D eigenvalue weighted by Gasteiger charge is -1.86. The number of carbonyl (C=O) groups excluding carboxylic acids is 3. The fraction of sp³-hybridized carbons (Fsp3) is 0.0714. The van der Waals surface area contributed by atoms with Crippen molar-refractivity contribution < 1.29 is 28.6 Å². The van der Waals surface area contributed by atoms with Crippen molar-refractivity contribution in [3.05, 3.63) is 59.0 Å². The van der Waals surface area contributed by atoms with Crippen molar-refractivity contribution in [1.82, 2.24) is 0 Å². The maximum absolute atomic E-state index is 10.8. The molecule has 2 aromatic rings. The standard InChI is InChI=1S/C8H4O3.C6H6O3/c9-7-5-3-1-2-4-6(5)8(10)11-7;7-3-5-1-2-6(4-8)9-5/h1-4H;1-3,8H,4H2. The first kappa shape index (κ1) is 13.7. The van der Waals surface area contributed by atoms with Gasteiger partial charge >= 0.3 is 11.9 Å². The van der Waals surface area contributed by atoms with E-state index in [2.05, 4.69) is 4.74 Å². The average Bonchev–Trinajstić information content (AvgIpc) is 3.06. The summed E-state index contributed by atoms with van der Waals surface area (Å²) in [7, 11) is 0. The van der Waals surface area contributed by atoms with Gasteiger partial charge in [-0.2, -0.15) is 0 Å². The number of esters is 2. The van der Waals surface area contributed by atoms with Crippen LogP contribution in [-0.2, 0) is 11.3 Å². The molecule has 0 atom stereocenters. The Kier molecular flexibility index (Phi) is 4.07. The van der Waals surface area contributed by atoms with Gasteiger partial charge in [-0.25, -0.2) is 9.59 Å². The van der Waals surface area contributed by atoms with Crippen LogP contribution in [0.1, 0.15) is 37.0 Å². The quantitative estimate of drug-likeness (QED) is 0.507. The van der Waals surface area contributed by atoms with E-state index < -0.39 is 11.9 Å². The third kappa shape index (κ3) is 2.81. The Morgan fingerprint density at radius 1 is 1.00 bits per heavy atom. The van der Waals surface area contributed by atoms with Gasteiger partial charge in [0.05, 0.1) is 11.1 Å². The predicted molar refractivity (Wildman–Crippen MR) is 66.2 cm³/mol. The molecule has 6 nitrogen and oxygen atoms in total. The number of fused-ring (bicyclic) bond motifs is 1. The van der Waals surface area contributed by atoms with Crippen LogP contribution < -0.4 is 0 Å². The fourth-order valence-corrected chi connectivity index (χ4v) is 1.58. The summed E-state index contributed by atoms with van der Waals surface area (Å²) in [6.45, 7) is -0.159. The first-order valence-electron chi connectivity index (χ1n) is 5.66. The molecule has 1 aliphatic rings. The lowest BCUT2D eigenvalue weighted by Crippen LogP contribution is -1.96. The molecule has 2 heterocycles. The molecule has 1 aliphatic heterocycles. The number of ether oxygens (including phenoxy) is 1. The second-order valence-corrected chi connectivity index (χ2v) is 3.80. The fourth-order valence-electron chi connectivity index (χ4n) is 1.58. The van der Waals surface area contributed by atoms with Crippen molar-refractivity contribution in [3.8, 4) is 0 Å². The number of aliphatic hydroxyl groups is 1. The van der Waals surface area contributed by atoms with E-state index in [4.69, 9.17) is 9.52 Å². The van der Waals surface area contributed by atoms with Crippen LogP contribution in [0.3, 0.4) is 0 Å². The van der Waals surface area contributed by atoms with E-state index in [9.17, 15) is 14.4 Å². The van der Waals surface area contributed by atoms with Gasteiger partial charge in [0.2, 0.25) is 0 Å². The number of carbonyl (C=O) groups is 3. The Bertz CT molecular complexity index is 622. The number of rotatable bonds is 2. The smallest absolute Gasteiger partial charge is 0.346 e. The Hall–Kier alpha value is -2.73. The number of cyclic esters (lactones) is 2. The molecule has 0 bridgehead atoms. The summed E-state index contributed by atoms with van der Waals surface area (Å²) in [5.41, 5.74) is 0.718. The molecule has 0 radical (unpaired) electrons. The Morgan fingerprint density at radius 3 is 2.00 bits per heavy atom. The maximum atomic E-state index is 10.8. The molecule has 6 heteroatoms. The van der Waals surface area contributed by atoms with Crippen LogP contribution in [0.4, 0.5) is 0 Å². The van der Waals surface area contributed by atoms with Crippen LogP contribution in [0.5, 0.6) is 0 Å². The van der Waals surface area contributed by atoms with Gasteiger partial charge in [-0.05, 0) is 24.3 Å². The highest BCUT2D eigenvalue weighted by Crippen LogP contribution is 2.18. The molecular weight excluding hydrogens is 264 g/mol. The van der Waals surface area contributed by atoms with Crippen molar-refractivity contribution in [2.24, 2.45) is 0 Å². The molecule has 0 saturated carbocycles. The van der Waals surface area contributed by atoms with Crippen LogP contribution in [0.2, 0.25) is 0 Å². The zero-order valence-electron chi connectivity index (χ0n) is 10.2. The molecule has 0 aliphatic carbocycles. The van der Waals surface area contributed by atoms with E-state index in [1.54, 1.807) is 30.3 Å². The highest BCUT2D eigenvalue weighted by atomic mass is 16.6. The first-order valence-corrected chi connectivity index (χ1v) is 5.66. The molecule has 3 rings (SSSR count). The molecule has 20 heavy (non-hydrogen) atoms. The average molecular weight is 274 g/mol. The van der Waals surface area contributed by atoms with Gasteiger partial charge in [0.15, 0.2) is 12.0 Å². The van der Waals surface area contributed by atoms with Crippen molar-refractivity contribution in [1.29, 1.82) is 0 Å². The van der Waals surface area contributed by atoms with E-state index in [-0.39, 0.29) is 12.4 Å². The van der Waals surface area contributed by atoms with Crippen LogP contribution in [-0.4, -0.2) is 23.3 Å². The zero-order chi connectivity index (χ0) is 14.5. The molecular formula is C14H10O6. The van der Waals surface area contributed by atoms with E-state index in [1.807, 2.05) is 0 Å². The molecule has 102 valence electrons. The third-order valence-electron chi connectivity index (χ3n) is 2.51. The van der Waals surface area contributed by atoms with Gasteiger partial charge in [0.1, 0.15) is 12.4 Å². The van der Waals surface area contributed by atoms with Gasteiger partial charge in [-0.3, -0.25) is 4.79 Å². The summed E-state index contributed by atoms with van der Waals surface area (Å²) in [6.07, 6.45) is 0.596. The number of benzene rings is 1. The van der Waals surface area contributed by atoms with Crippen molar-refractivity contribution in [3.63, 3.8) is 0 Å². The highest BCUT2D eigenvalue weighted by Gasteiger charge is 2.28. The van der Waals surface area contributed by atoms with E-state index in [0.29, 0.717) is 23.2 Å². The summed E-state index contributed by atoms with van der Waals surface area (Å²) in [6, 6.07) is 9.60. The normalized spacial score (nSPS) is 12.2. The van der Waals surface area contributed by atoms with Crippen LogP contribution in [0.15, 0.2) is 40.8 Å². The molecule has 0 spiro atoms. The summed E-state index contributed by atoms with van der Waals surface area (Å²) in [5, 5.41) is 8.44. The topological polar surface area (TPSA) is 93.8 Å². The van der Waals surface area contributed by atoms with Crippen LogP contribution in [0.25, 0.3) is 0 Å². The minimum Gasteiger partial charge on any atom is -0.456 e. The summed E-state index contributed by atoms with van der Waals surface area (Å²) in [5.74, 6) is -0.438. The molecule has 0 fully saturated rings. The van der Waals surface area contributed by atoms with Crippen molar-refractivity contribution in [2.75, 3.05) is 0 Å². The molecule has 0 amide bonds. The minimum atomic E-state index is -0.550. The molecule has 0 saturated heterocycles. The van der Waals surface area contributed by atoms with Crippen molar-refractivity contribution >= 4 is 18.2 Å². The van der Waals surface area contributed by atoms with Gasteiger partial charge < -0.3 is 14.3 Å². The third-order valence-corrected chi connectivity index (χ3v) is 2.51. The van der Waals surface area contributed by atoms with Gasteiger partial charge in [-0.15, -0.1) is 0 Å². The SMILES string of the molecule is O=C1OC(=O)c2ccccc21.O=Cc1ccc(CO)o1. The summed E-state index contributed by atoms with van der Waals surface area (Å²) < 4.78 is 9.12. The molecule has 1 aromatic carbocycles. The second kappa shape index (κ2) is 5.94. The number of furan rings is 1. The van der Waals surface area contributed by atoms with E-state index >= 15 is 0 Å². The minimum absolute atomic E-state index is 0.159. The number of hydrogen-bond donors (Lipinski definition) is 1. The summed E-state index contributed by atoms with van der Waals surface area (Å²) >= 11 is 0. The number of hydrogen-bond acceptors (Lipinski definition) is 6. The largest absolute Gasteiger partial charge is 0.456 e. The highest BCUT2D eigenvalue weighted by molar-refractivity contribution is 6.14. The lowest BCUT2D eigenvalue weighted by molar-refractivity contribution is 0.0443. The predicted octanol–water partition coefficient (Wildman–Crippen LogP) is 1.58. The Balaban J connectivity index is 0.000000151. The molecule has 1 N–H and O–H groups in total. The molecule has 0 unspecified atom stereocenters. The number of aliphatic hydroxyl groups excluding tert-OH is 1. The first-order chi connectivity index (χ1) is 9.65. The van der Waals surface area contributed by atoms with Crippen LogP contribution in [0, 0.1) is 0 Å².